The van der Waals surface area contributed by atoms with Crippen molar-refractivity contribution in [3.05, 3.63) is 34.4 Å². The largest absolute Gasteiger partial charge is 0.462 e. The topological polar surface area (TPSA) is 143 Å². The summed E-state index contributed by atoms with van der Waals surface area (Å²) in [7, 11) is 0. The molecule has 0 saturated carbocycles. The number of hydrogen-bond donors (Lipinski definition) is 4. The first kappa shape index (κ1) is 15.6. The van der Waals surface area contributed by atoms with Crippen molar-refractivity contribution in [2.24, 2.45) is 0 Å². The Morgan fingerprint density at radius 3 is 2.29 bits per heavy atom. The van der Waals surface area contributed by atoms with Crippen LogP contribution in [0.2, 0.25) is 0 Å². The number of nitrogens with zero attached hydrogens (tertiary/aromatic N) is 1. The lowest BCUT2D eigenvalue weighted by Crippen LogP contribution is -2.60. The number of aliphatic hydroxyl groups is 4. The van der Waals surface area contributed by atoms with Crippen LogP contribution in [0.25, 0.3) is 0 Å². The highest BCUT2D eigenvalue weighted by Gasteiger charge is 2.44. The average molecular weight is 301 g/mol. The zero-order chi connectivity index (χ0) is 15.6. The van der Waals surface area contributed by atoms with Crippen molar-refractivity contribution >= 4 is 5.69 Å². The third-order valence-electron chi connectivity index (χ3n) is 3.15. The maximum atomic E-state index is 10.5. The Hall–Kier alpha value is -1.78. The lowest BCUT2D eigenvalue weighted by atomic mass is 9.99. The van der Waals surface area contributed by atoms with Crippen LogP contribution in [0.3, 0.4) is 0 Å². The molecular formula is C12H15NO8. The van der Waals surface area contributed by atoms with Crippen LogP contribution in [0.5, 0.6) is 5.75 Å². The third kappa shape index (κ3) is 3.28. The number of aliphatic hydroxyl groups excluding tert-OH is 4. The Morgan fingerprint density at radius 2 is 1.76 bits per heavy atom. The molecular weight excluding hydrogens is 286 g/mol. The van der Waals surface area contributed by atoms with Gasteiger partial charge in [0.25, 0.3) is 5.69 Å². The zero-order valence-electron chi connectivity index (χ0n) is 10.8. The summed E-state index contributed by atoms with van der Waals surface area (Å²) in [5, 5.41) is 48.6. The van der Waals surface area contributed by atoms with E-state index >= 15 is 0 Å². The quantitative estimate of drug-likeness (QED) is 0.400. The van der Waals surface area contributed by atoms with Crippen LogP contribution in [-0.4, -0.2) is 62.7 Å². The van der Waals surface area contributed by atoms with Crippen LogP contribution in [0.1, 0.15) is 0 Å². The van der Waals surface area contributed by atoms with Gasteiger partial charge in [-0.2, -0.15) is 0 Å². The third-order valence-corrected chi connectivity index (χ3v) is 3.15. The van der Waals surface area contributed by atoms with Gasteiger partial charge in [0.15, 0.2) is 0 Å². The van der Waals surface area contributed by atoms with Crippen LogP contribution in [-0.2, 0) is 4.74 Å². The fraction of sp³-hybridized carbons (Fsp3) is 0.500. The molecule has 9 nitrogen and oxygen atoms in total. The molecule has 2 rings (SSSR count). The van der Waals surface area contributed by atoms with Gasteiger partial charge >= 0.3 is 0 Å². The number of rotatable bonds is 4. The highest BCUT2D eigenvalue weighted by Crippen LogP contribution is 2.25. The lowest BCUT2D eigenvalue weighted by Gasteiger charge is -2.39. The van der Waals surface area contributed by atoms with E-state index in [9.17, 15) is 25.4 Å². The molecule has 0 aliphatic carbocycles. The zero-order valence-corrected chi connectivity index (χ0v) is 10.8. The second-order valence-corrected chi connectivity index (χ2v) is 4.57. The molecule has 1 aliphatic rings. The molecule has 4 N–H and O–H groups in total. The normalized spacial score (nSPS) is 32.7. The average Bonchev–Trinajstić information content (AvgIpc) is 2.48. The first-order chi connectivity index (χ1) is 9.93. The second-order valence-electron chi connectivity index (χ2n) is 4.57. The van der Waals surface area contributed by atoms with Gasteiger partial charge < -0.3 is 29.9 Å². The lowest BCUT2D eigenvalue weighted by molar-refractivity contribution is -0.384. The molecule has 1 aromatic carbocycles. The first-order valence-electron chi connectivity index (χ1n) is 6.15. The summed E-state index contributed by atoms with van der Waals surface area (Å²) < 4.78 is 10.4. The molecule has 1 heterocycles. The minimum absolute atomic E-state index is 0.129. The van der Waals surface area contributed by atoms with E-state index in [1.54, 1.807) is 0 Å². The van der Waals surface area contributed by atoms with Crippen LogP contribution < -0.4 is 4.74 Å². The number of non-ortho nitro benzene ring substituents is 1. The highest BCUT2D eigenvalue weighted by atomic mass is 16.7. The first-order valence-corrected chi connectivity index (χ1v) is 6.15. The molecule has 0 radical (unpaired) electrons. The molecule has 116 valence electrons. The maximum absolute atomic E-state index is 10.5. The SMILES string of the molecule is O=[N+]([O-])c1ccc(O[C@@H]2O[C@@H](CO)[C@H](O)[C@@H](O)[C@H]2O)cc1. The standard InChI is InChI=1S/C12H15NO8/c14-5-8-9(15)10(16)11(17)12(21-8)20-7-3-1-6(2-4-7)13(18)19/h1-4,8-12,14-17H,5H2/t8-,9-,10+,11+,12+/m0/s1. The number of nitro groups is 1. The summed E-state index contributed by atoms with van der Waals surface area (Å²) >= 11 is 0. The van der Waals surface area contributed by atoms with Crippen LogP contribution in [0.15, 0.2) is 24.3 Å². The van der Waals surface area contributed by atoms with Crippen molar-refractivity contribution in [3.8, 4) is 5.75 Å². The molecule has 1 aromatic rings. The summed E-state index contributed by atoms with van der Waals surface area (Å²) in [6.07, 6.45) is -6.94. The summed E-state index contributed by atoms with van der Waals surface area (Å²) in [6, 6.07) is 5.03. The minimum Gasteiger partial charge on any atom is -0.462 e. The van der Waals surface area contributed by atoms with Crippen molar-refractivity contribution in [2.75, 3.05) is 6.61 Å². The van der Waals surface area contributed by atoms with Gasteiger partial charge in [-0.3, -0.25) is 10.1 Å². The Labute approximate surface area is 119 Å². The van der Waals surface area contributed by atoms with E-state index in [4.69, 9.17) is 14.6 Å². The molecule has 0 amide bonds. The predicted octanol–water partition coefficient (Wildman–Crippen LogP) is -1.23. The number of ether oxygens (including phenoxy) is 2. The Bertz CT molecular complexity index is 491. The Kier molecular flexibility index (Phi) is 4.70. The fourth-order valence-corrected chi connectivity index (χ4v) is 1.95. The molecule has 1 saturated heterocycles. The van der Waals surface area contributed by atoms with Crippen LogP contribution in [0.4, 0.5) is 5.69 Å². The minimum atomic E-state index is -1.54. The van der Waals surface area contributed by atoms with E-state index in [1.165, 1.54) is 24.3 Å². The second kappa shape index (κ2) is 6.33. The van der Waals surface area contributed by atoms with E-state index < -0.39 is 42.2 Å². The van der Waals surface area contributed by atoms with Crippen molar-refractivity contribution < 1.29 is 34.8 Å². The van der Waals surface area contributed by atoms with Gasteiger partial charge in [0.2, 0.25) is 6.29 Å². The molecule has 0 spiro atoms. The van der Waals surface area contributed by atoms with Gasteiger partial charge in [-0.05, 0) is 12.1 Å². The molecule has 1 aliphatic heterocycles. The molecule has 0 aromatic heterocycles. The molecule has 0 unspecified atom stereocenters. The molecule has 5 atom stereocenters. The summed E-state index contributed by atoms with van der Waals surface area (Å²) in [6.45, 7) is -0.564. The van der Waals surface area contributed by atoms with Crippen molar-refractivity contribution in [2.45, 2.75) is 30.7 Å². The fourth-order valence-electron chi connectivity index (χ4n) is 1.95. The van der Waals surface area contributed by atoms with Gasteiger partial charge in [-0.1, -0.05) is 0 Å². The molecule has 0 bridgehead atoms. The highest BCUT2D eigenvalue weighted by molar-refractivity contribution is 5.36. The van der Waals surface area contributed by atoms with E-state index in [1.807, 2.05) is 0 Å². The van der Waals surface area contributed by atoms with Crippen molar-refractivity contribution in [1.82, 2.24) is 0 Å². The van der Waals surface area contributed by atoms with Crippen LogP contribution in [0, 0.1) is 10.1 Å². The van der Waals surface area contributed by atoms with Gasteiger partial charge in [-0.15, -0.1) is 0 Å². The monoisotopic (exact) mass is 301 g/mol. The number of benzene rings is 1. The number of hydrogen-bond acceptors (Lipinski definition) is 8. The summed E-state index contributed by atoms with van der Waals surface area (Å²) in [4.78, 5) is 9.95. The van der Waals surface area contributed by atoms with Gasteiger partial charge in [0.1, 0.15) is 30.2 Å². The Balaban J connectivity index is 2.08. The maximum Gasteiger partial charge on any atom is 0.269 e. The van der Waals surface area contributed by atoms with Crippen molar-refractivity contribution in [3.63, 3.8) is 0 Å². The summed E-state index contributed by atoms with van der Waals surface area (Å²) in [5.74, 6) is 0.171. The van der Waals surface area contributed by atoms with Crippen LogP contribution >= 0.6 is 0 Å². The van der Waals surface area contributed by atoms with Gasteiger partial charge in [-0.25, -0.2) is 0 Å². The Morgan fingerprint density at radius 1 is 1.14 bits per heavy atom. The van der Waals surface area contributed by atoms with E-state index in [-0.39, 0.29) is 11.4 Å². The molecule has 1 fully saturated rings. The van der Waals surface area contributed by atoms with E-state index in [0.29, 0.717) is 0 Å². The summed E-state index contributed by atoms with van der Waals surface area (Å²) in [5.41, 5.74) is -0.129. The van der Waals surface area contributed by atoms with Gasteiger partial charge in [0.05, 0.1) is 11.5 Å². The molecule has 9 heteroatoms. The molecule has 21 heavy (non-hydrogen) atoms. The van der Waals surface area contributed by atoms with E-state index in [0.717, 1.165) is 0 Å². The smallest absolute Gasteiger partial charge is 0.269 e. The van der Waals surface area contributed by atoms with Crippen molar-refractivity contribution in [1.29, 1.82) is 0 Å². The van der Waals surface area contributed by atoms with E-state index in [2.05, 4.69) is 0 Å². The predicted molar refractivity (Wildman–Crippen MR) is 67.5 cm³/mol. The number of nitro benzene ring substituents is 1. The van der Waals surface area contributed by atoms with Gasteiger partial charge in [0, 0.05) is 12.1 Å².